The number of furan rings is 1. The van der Waals surface area contributed by atoms with Gasteiger partial charge in [-0.25, -0.2) is 8.42 Å². The maximum absolute atomic E-state index is 12.8. The highest BCUT2D eigenvalue weighted by Gasteiger charge is 2.42. The molecule has 1 saturated heterocycles. The van der Waals surface area contributed by atoms with E-state index < -0.39 is 10.0 Å². The van der Waals surface area contributed by atoms with E-state index in [0.29, 0.717) is 18.8 Å². The van der Waals surface area contributed by atoms with E-state index in [1.165, 1.54) is 0 Å². The molecule has 0 atom stereocenters. The molecule has 1 fully saturated rings. The number of sulfonamides is 1. The second-order valence-corrected chi connectivity index (χ2v) is 8.18. The Hall–Kier alpha value is -0.370. The Kier molecular flexibility index (Phi) is 4.63. The highest BCUT2D eigenvalue weighted by molar-refractivity contribution is 9.10. The van der Waals surface area contributed by atoms with Gasteiger partial charge < -0.3 is 9.73 Å². The molecule has 0 amide bonds. The van der Waals surface area contributed by atoms with Crippen molar-refractivity contribution in [1.29, 1.82) is 0 Å². The minimum absolute atomic E-state index is 0.223. The zero-order valence-corrected chi connectivity index (χ0v) is 14.5. The van der Waals surface area contributed by atoms with Crippen LogP contribution in [-0.2, 0) is 16.6 Å². The van der Waals surface area contributed by atoms with E-state index in [4.69, 9.17) is 4.42 Å². The molecular weight excluding hydrogens is 344 g/mol. The quantitative estimate of drug-likeness (QED) is 0.872. The summed E-state index contributed by atoms with van der Waals surface area (Å²) in [6, 6.07) is 1.61. The van der Waals surface area contributed by atoms with Crippen LogP contribution >= 0.6 is 15.9 Å². The fraction of sp³-hybridized carbons (Fsp3) is 0.692. The first-order chi connectivity index (χ1) is 9.29. The third-order valence-corrected chi connectivity index (χ3v) is 6.62. The molecule has 20 heavy (non-hydrogen) atoms. The molecule has 1 N–H and O–H groups in total. The van der Waals surface area contributed by atoms with Crippen LogP contribution < -0.4 is 5.32 Å². The highest BCUT2D eigenvalue weighted by Crippen LogP contribution is 2.37. The second-order valence-electron chi connectivity index (χ2n) is 5.62. The molecule has 0 aromatic carbocycles. The summed E-state index contributed by atoms with van der Waals surface area (Å²) in [7, 11) is -3.52. The number of hydrogen-bond acceptors (Lipinski definition) is 4. The smallest absolute Gasteiger partial charge is 0.247 e. The number of halogens is 1. The molecule has 0 aliphatic carbocycles. The van der Waals surface area contributed by atoms with E-state index in [-0.39, 0.29) is 15.1 Å². The first-order valence-corrected chi connectivity index (χ1v) is 9.04. The average Bonchev–Trinajstić information content (AvgIpc) is 2.89. The van der Waals surface area contributed by atoms with Crippen molar-refractivity contribution in [3.8, 4) is 0 Å². The van der Waals surface area contributed by atoms with E-state index in [9.17, 15) is 8.42 Å². The van der Waals surface area contributed by atoms with Crippen LogP contribution in [0, 0.1) is 0 Å². The van der Waals surface area contributed by atoms with Crippen molar-refractivity contribution in [3.05, 3.63) is 16.5 Å². The summed E-state index contributed by atoms with van der Waals surface area (Å²) in [5.74, 6) is 0.620. The van der Waals surface area contributed by atoms with E-state index in [1.807, 2.05) is 20.8 Å². The molecule has 1 aliphatic rings. The Balaban J connectivity index is 2.32. The third kappa shape index (κ3) is 2.95. The van der Waals surface area contributed by atoms with Gasteiger partial charge in [0.15, 0.2) is 4.67 Å². The minimum atomic E-state index is -3.52. The lowest BCUT2D eigenvalue weighted by atomic mass is 10.0. The van der Waals surface area contributed by atoms with Gasteiger partial charge in [-0.1, -0.05) is 6.92 Å². The Morgan fingerprint density at radius 3 is 2.75 bits per heavy atom. The van der Waals surface area contributed by atoms with Gasteiger partial charge in [0.25, 0.3) is 0 Å². The molecule has 114 valence electrons. The summed E-state index contributed by atoms with van der Waals surface area (Å²) < 4.78 is 32.9. The van der Waals surface area contributed by atoms with Gasteiger partial charge in [-0.05, 0) is 49.2 Å². The Labute approximate surface area is 128 Å². The average molecular weight is 365 g/mol. The second kappa shape index (κ2) is 5.79. The van der Waals surface area contributed by atoms with Crippen molar-refractivity contribution in [2.45, 2.75) is 50.6 Å². The molecule has 0 saturated carbocycles. The Bertz CT molecular complexity index is 580. The van der Waals surface area contributed by atoms with Gasteiger partial charge in [0.2, 0.25) is 10.0 Å². The Morgan fingerprint density at radius 1 is 1.50 bits per heavy atom. The summed E-state index contributed by atoms with van der Waals surface area (Å²) >= 11 is 3.23. The lowest BCUT2D eigenvalue weighted by Crippen LogP contribution is -2.42. The minimum Gasteiger partial charge on any atom is -0.452 e. The summed E-state index contributed by atoms with van der Waals surface area (Å²) in [5, 5.41) is 3.12. The van der Waals surface area contributed by atoms with Crippen LogP contribution in [0.25, 0.3) is 0 Å². The zero-order valence-electron chi connectivity index (χ0n) is 12.1. The molecule has 0 bridgehead atoms. The van der Waals surface area contributed by atoms with Crippen LogP contribution in [0.1, 0.15) is 39.4 Å². The van der Waals surface area contributed by atoms with Crippen molar-refractivity contribution in [2.75, 3.05) is 13.1 Å². The molecule has 5 nitrogen and oxygen atoms in total. The SMILES string of the molecule is CCNCc1cc(S(=O)(=O)N2CCCC2(C)C)c(Br)o1. The summed E-state index contributed by atoms with van der Waals surface area (Å²) in [6.45, 7) is 7.81. The van der Waals surface area contributed by atoms with Crippen LogP contribution in [0.3, 0.4) is 0 Å². The normalized spacial score (nSPS) is 19.6. The van der Waals surface area contributed by atoms with Crippen LogP contribution in [0.5, 0.6) is 0 Å². The van der Waals surface area contributed by atoms with Gasteiger partial charge in [-0.3, -0.25) is 0 Å². The lowest BCUT2D eigenvalue weighted by molar-refractivity contribution is 0.291. The number of nitrogens with one attached hydrogen (secondary N) is 1. The van der Waals surface area contributed by atoms with Crippen LogP contribution in [0.2, 0.25) is 0 Å². The van der Waals surface area contributed by atoms with Gasteiger partial charge >= 0.3 is 0 Å². The number of nitrogens with zero attached hydrogens (tertiary/aromatic N) is 1. The maximum Gasteiger partial charge on any atom is 0.247 e. The molecule has 1 aromatic heterocycles. The van der Waals surface area contributed by atoms with E-state index >= 15 is 0 Å². The van der Waals surface area contributed by atoms with Crippen molar-refractivity contribution in [1.82, 2.24) is 9.62 Å². The Morgan fingerprint density at radius 2 is 2.20 bits per heavy atom. The summed E-state index contributed by atoms with van der Waals surface area (Å²) in [6.07, 6.45) is 1.78. The highest BCUT2D eigenvalue weighted by atomic mass is 79.9. The van der Waals surface area contributed by atoms with Gasteiger partial charge in [0.1, 0.15) is 10.7 Å². The largest absolute Gasteiger partial charge is 0.452 e. The van der Waals surface area contributed by atoms with Gasteiger partial charge in [0.05, 0.1) is 6.54 Å². The summed E-state index contributed by atoms with van der Waals surface area (Å²) in [5.41, 5.74) is -0.336. The first-order valence-electron chi connectivity index (χ1n) is 6.81. The molecular formula is C13H21BrN2O3S. The van der Waals surface area contributed by atoms with Crippen LogP contribution in [0.4, 0.5) is 0 Å². The summed E-state index contributed by atoms with van der Waals surface area (Å²) in [4.78, 5) is 0.223. The standard InChI is InChI=1S/C13H21BrN2O3S/c1-4-15-9-10-8-11(12(14)19-10)20(17,18)16-7-5-6-13(16,2)3/h8,15H,4-7,9H2,1-3H3. The molecule has 1 aliphatic heterocycles. The molecule has 2 heterocycles. The van der Waals surface area contributed by atoms with E-state index in [2.05, 4.69) is 21.2 Å². The topological polar surface area (TPSA) is 62.6 Å². The van der Waals surface area contributed by atoms with Crippen molar-refractivity contribution >= 4 is 26.0 Å². The number of hydrogen-bond donors (Lipinski definition) is 1. The predicted octanol–water partition coefficient (Wildman–Crippen LogP) is 2.71. The third-order valence-electron chi connectivity index (χ3n) is 3.65. The molecule has 0 spiro atoms. The van der Waals surface area contributed by atoms with Crippen molar-refractivity contribution in [3.63, 3.8) is 0 Å². The maximum atomic E-state index is 12.8. The van der Waals surface area contributed by atoms with Gasteiger partial charge in [-0.15, -0.1) is 0 Å². The monoisotopic (exact) mass is 364 g/mol. The van der Waals surface area contributed by atoms with Crippen molar-refractivity contribution < 1.29 is 12.8 Å². The molecule has 1 aromatic rings. The first kappa shape index (κ1) is 16.0. The van der Waals surface area contributed by atoms with Gasteiger partial charge in [-0.2, -0.15) is 4.31 Å². The fourth-order valence-corrected chi connectivity index (χ4v) is 5.37. The lowest BCUT2D eigenvalue weighted by Gasteiger charge is -2.30. The van der Waals surface area contributed by atoms with Gasteiger partial charge in [0, 0.05) is 18.2 Å². The molecule has 0 radical (unpaired) electrons. The number of rotatable bonds is 5. The molecule has 7 heteroatoms. The predicted molar refractivity (Wildman–Crippen MR) is 81.0 cm³/mol. The van der Waals surface area contributed by atoms with Crippen LogP contribution in [0.15, 0.2) is 20.0 Å². The van der Waals surface area contributed by atoms with E-state index in [1.54, 1.807) is 10.4 Å². The molecule has 0 unspecified atom stereocenters. The van der Waals surface area contributed by atoms with E-state index in [0.717, 1.165) is 19.4 Å². The van der Waals surface area contributed by atoms with Crippen molar-refractivity contribution in [2.24, 2.45) is 0 Å². The van der Waals surface area contributed by atoms with Crippen LogP contribution in [-0.4, -0.2) is 31.4 Å². The molecule has 2 rings (SSSR count). The zero-order chi connectivity index (χ0) is 15.0. The fourth-order valence-electron chi connectivity index (χ4n) is 2.56.